The molecule has 1 aliphatic rings. The molecule has 0 aliphatic carbocycles. The van der Waals surface area contributed by atoms with Crippen LogP contribution in [0.15, 0.2) is 23.2 Å². The molecule has 5 nitrogen and oxygen atoms in total. The number of rotatable bonds is 4. The topological polar surface area (TPSA) is 53.5 Å². The molecule has 0 bridgehead atoms. The van der Waals surface area contributed by atoms with Crippen LogP contribution in [0, 0.1) is 0 Å². The van der Waals surface area contributed by atoms with Crippen molar-refractivity contribution in [3.63, 3.8) is 0 Å². The van der Waals surface area contributed by atoms with Crippen LogP contribution in [0.1, 0.15) is 19.8 Å². The number of piperidine rings is 1. The Morgan fingerprint density at radius 1 is 1.45 bits per heavy atom. The van der Waals surface area contributed by atoms with Gasteiger partial charge in [-0.05, 0) is 44.6 Å². The first-order chi connectivity index (χ1) is 9.46. The van der Waals surface area contributed by atoms with Gasteiger partial charge in [-0.1, -0.05) is 18.5 Å². The Balaban J connectivity index is 2.16. The Morgan fingerprint density at radius 3 is 2.65 bits per heavy atom. The Bertz CT molecular complexity index is 556. The quantitative estimate of drug-likeness (QED) is 0.795. The maximum atomic E-state index is 12.6. The van der Waals surface area contributed by atoms with Gasteiger partial charge < -0.3 is 4.90 Å². The number of pyridine rings is 1. The van der Waals surface area contributed by atoms with Gasteiger partial charge in [-0.25, -0.2) is 13.4 Å². The van der Waals surface area contributed by atoms with Crippen LogP contribution in [0.5, 0.6) is 0 Å². The van der Waals surface area contributed by atoms with Crippen molar-refractivity contribution < 1.29 is 8.42 Å². The standard InChI is InChI=1S/C13H20ClN3O2S/c1-3-17-9-6-11(7-10-17)16(2)20(18,19)12-5-4-8-15-13(12)14/h4-5,8,11H,3,6-7,9-10H2,1-2H3. The van der Waals surface area contributed by atoms with Gasteiger partial charge in [0, 0.05) is 19.3 Å². The number of hydrogen-bond acceptors (Lipinski definition) is 4. The van der Waals surface area contributed by atoms with E-state index in [-0.39, 0.29) is 16.1 Å². The summed E-state index contributed by atoms with van der Waals surface area (Å²) in [5.74, 6) is 0. The highest BCUT2D eigenvalue weighted by Gasteiger charge is 2.31. The van der Waals surface area contributed by atoms with Crippen molar-refractivity contribution in [1.29, 1.82) is 0 Å². The second-order valence-electron chi connectivity index (χ2n) is 4.98. The summed E-state index contributed by atoms with van der Waals surface area (Å²) in [5.41, 5.74) is 0. The molecule has 7 heteroatoms. The van der Waals surface area contributed by atoms with Crippen LogP contribution in [0.25, 0.3) is 0 Å². The van der Waals surface area contributed by atoms with Crippen LogP contribution in [0.2, 0.25) is 5.15 Å². The molecule has 20 heavy (non-hydrogen) atoms. The second-order valence-corrected chi connectivity index (χ2v) is 7.30. The number of likely N-dealkylation sites (tertiary alicyclic amines) is 1. The molecular formula is C13H20ClN3O2S. The monoisotopic (exact) mass is 317 g/mol. The summed E-state index contributed by atoms with van der Waals surface area (Å²) in [6.45, 7) is 5.00. The van der Waals surface area contributed by atoms with Crippen LogP contribution in [0.4, 0.5) is 0 Å². The van der Waals surface area contributed by atoms with E-state index in [1.54, 1.807) is 13.1 Å². The van der Waals surface area contributed by atoms with Gasteiger partial charge in [0.1, 0.15) is 10.0 Å². The van der Waals surface area contributed by atoms with Gasteiger partial charge in [-0.3, -0.25) is 0 Å². The lowest BCUT2D eigenvalue weighted by Crippen LogP contribution is -2.45. The molecule has 0 N–H and O–H groups in total. The Morgan fingerprint density at radius 2 is 2.10 bits per heavy atom. The van der Waals surface area contributed by atoms with Crippen molar-refractivity contribution in [2.45, 2.75) is 30.7 Å². The maximum absolute atomic E-state index is 12.6. The zero-order valence-electron chi connectivity index (χ0n) is 11.8. The summed E-state index contributed by atoms with van der Waals surface area (Å²) in [4.78, 5) is 6.26. The van der Waals surface area contributed by atoms with Crippen molar-refractivity contribution in [1.82, 2.24) is 14.2 Å². The summed E-state index contributed by atoms with van der Waals surface area (Å²) >= 11 is 5.91. The molecule has 1 aromatic heterocycles. The molecule has 2 heterocycles. The Kier molecular flexibility index (Phi) is 5.01. The highest BCUT2D eigenvalue weighted by molar-refractivity contribution is 7.89. The molecule has 1 fully saturated rings. The minimum atomic E-state index is -3.57. The molecule has 0 amide bonds. The smallest absolute Gasteiger partial charge is 0.246 e. The molecule has 1 saturated heterocycles. The van der Waals surface area contributed by atoms with Crippen molar-refractivity contribution in [3.05, 3.63) is 23.5 Å². The average molecular weight is 318 g/mol. The summed E-state index contributed by atoms with van der Waals surface area (Å²) in [5, 5.41) is 0.0327. The van der Waals surface area contributed by atoms with Crippen molar-refractivity contribution in [2.75, 3.05) is 26.7 Å². The number of aromatic nitrogens is 1. The zero-order valence-corrected chi connectivity index (χ0v) is 13.4. The molecular weight excluding hydrogens is 298 g/mol. The minimum Gasteiger partial charge on any atom is -0.303 e. The van der Waals surface area contributed by atoms with E-state index in [9.17, 15) is 8.42 Å². The normalized spacial score (nSPS) is 18.6. The molecule has 1 aliphatic heterocycles. The first-order valence-electron chi connectivity index (χ1n) is 6.77. The Hall–Kier alpha value is -0.690. The van der Waals surface area contributed by atoms with E-state index < -0.39 is 10.0 Å². The van der Waals surface area contributed by atoms with Gasteiger partial charge >= 0.3 is 0 Å². The SMILES string of the molecule is CCN1CCC(N(C)S(=O)(=O)c2cccnc2Cl)CC1. The number of hydrogen-bond donors (Lipinski definition) is 0. The number of sulfonamides is 1. The molecule has 112 valence electrons. The number of halogens is 1. The third-order valence-electron chi connectivity index (χ3n) is 3.90. The van der Waals surface area contributed by atoms with E-state index in [2.05, 4.69) is 16.8 Å². The van der Waals surface area contributed by atoms with E-state index in [1.165, 1.54) is 16.6 Å². The molecule has 1 aromatic rings. The third-order valence-corrected chi connectivity index (χ3v) is 6.26. The first-order valence-corrected chi connectivity index (χ1v) is 8.59. The van der Waals surface area contributed by atoms with Crippen LogP contribution in [-0.2, 0) is 10.0 Å². The predicted octanol–water partition coefficient (Wildman–Crippen LogP) is 1.84. The van der Waals surface area contributed by atoms with Gasteiger partial charge in [-0.2, -0.15) is 4.31 Å². The summed E-state index contributed by atoms with van der Waals surface area (Å²) in [6, 6.07) is 3.12. The van der Waals surface area contributed by atoms with Gasteiger partial charge in [0.15, 0.2) is 0 Å². The van der Waals surface area contributed by atoms with E-state index in [4.69, 9.17) is 11.6 Å². The van der Waals surface area contributed by atoms with E-state index >= 15 is 0 Å². The molecule has 2 rings (SSSR count). The van der Waals surface area contributed by atoms with Crippen molar-refractivity contribution in [3.8, 4) is 0 Å². The van der Waals surface area contributed by atoms with Crippen LogP contribution in [0.3, 0.4) is 0 Å². The summed E-state index contributed by atoms with van der Waals surface area (Å²) in [7, 11) is -1.94. The zero-order chi connectivity index (χ0) is 14.8. The molecule has 0 unspecified atom stereocenters. The molecule has 0 spiro atoms. The fraction of sp³-hybridized carbons (Fsp3) is 0.615. The van der Waals surface area contributed by atoms with Crippen molar-refractivity contribution >= 4 is 21.6 Å². The lowest BCUT2D eigenvalue weighted by molar-refractivity contribution is 0.176. The largest absolute Gasteiger partial charge is 0.303 e. The van der Waals surface area contributed by atoms with E-state index in [1.807, 2.05) is 0 Å². The minimum absolute atomic E-state index is 0.0269. The first kappa shape index (κ1) is 15.7. The highest BCUT2D eigenvalue weighted by atomic mass is 35.5. The van der Waals surface area contributed by atoms with Crippen molar-refractivity contribution in [2.24, 2.45) is 0 Å². The average Bonchev–Trinajstić information content (AvgIpc) is 2.47. The fourth-order valence-corrected chi connectivity index (χ4v) is 4.36. The lowest BCUT2D eigenvalue weighted by Gasteiger charge is -2.35. The van der Waals surface area contributed by atoms with Crippen LogP contribution in [-0.4, -0.2) is 55.3 Å². The summed E-state index contributed by atoms with van der Waals surface area (Å²) in [6.07, 6.45) is 3.18. The third kappa shape index (κ3) is 3.14. The highest BCUT2D eigenvalue weighted by Crippen LogP contribution is 2.26. The van der Waals surface area contributed by atoms with Crippen LogP contribution >= 0.6 is 11.6 Å². The maximum Gasteiger partial charge on any atom is 0.246 e. The summed E-state index contributed by atoms with van der Waals surface area (Å²) < 4.78 is 26.6. The molecule has 0 saturated carbocycles. The second kappa shape index (κ2) is 6.39. The number of nitrogens with zero attached hydrogens (tertiary/aromatic N) is 3. The lowest BCUT2D eigenvalue weighted by atomic mass is 10.1. The molecule has 0 aromatic carbocycles. The fourth-order valence-electron chi connectivity index (χ4n) is 2.51. The van der Waals surface area contributed by atoms with E-state index in [0.717, 1.165) is 32.5 Å². The predicted molar refractivity (Wildman–Crippen MR) is 79.3 cm³/mol. The van der Waals surface area contributed by atoms with Crippen LogP contribution < -0.4 is 0 Å². The van der Waals surface area contributed by atoms with E-state index in [0.29, 0.717) is 0 Å². The Labute approximate surface area is 125 Å². The van der Waals surface area contributed by atoms with Gasteiger partial charge in [0.05, 0.1) is 0 Å². The molecule has 0 radical (unpaired) electrons. The molecule has 0 atom stereocenters. The van der Waals surface area contributed by atoms with Gasteiger partial charge in [-0.15, -0.1) is 0 Å². The van der Waals surface area contributed by atoms with Gasteiger partial charge in [0.25, 0.3) is 0 Å². The van der Waals surface area contributed by atoms with Gasteiger partial charge in [0.2, 0.25) is 10.0 Å².